The second-order valence-corrected chi connectivity index (χ2v) is 3.94. The Bertz CT molecular complexity index is 767. The minimum Gasteiger partial charge on any atom is -0.478 e. The van der Waals surface area contributed by atoms with Gasteiger partial charge in [0.1, 0.15) is 11.9 Å². The number of nitriles is 1. The van der Waals surface area contributed by atoms with Crippen molar-refractivity contribution in [2.75, 3.05) is 5.32 Å². The van der Waals surface area contributed by atoms with Gasteiger partial charge in [-0.1, -0.05) is 6.07 Å². The zero-order valence-corrected chi connectivity index (χ0v) is 10.5. The maximum atomic E-state index is 10.9. The highest BCUT2D eigenvalue weighted by atomic mass is 16.6. The number of carboxylic acid groups (broad SMARTS) is 1. The molecule has 0 spiro atoms. The van der Waals surface area contributed by atoms with Gasteiger partial charge in [-0.25, -0.2) is 9.78 Å². The van der Waals surface area contributed by atoms with Crippen LogP contribution in [0.25, 0.3) is 0 Å². The number of nitro groups is 1. The number of aromatic carboxylic acids is 1. The van der Waals surface area contributed by atoms with Crippen LogP contribution in [-0.2, 0) is 0 Å². The van der Waals surface area contributed by atoms with Crippen molar-refractivity contribution in [1.29, 1.82) is 5.26 Å². The maximum Gasteiger partial charge on any atom is 0.335 e. The third-order valence-corrected chi connectivity index (χ3v) is 2.56. The Hall–Kier alpha value is -3.47. The predicted molar refractivity (Wildman–Crippen MR) is 72.3 cm³/mol. The van der Waals surface area contributed by atoms with E-state index in [0.717, 1.165) is 6.07 Å². The average Bonchev–Trinajstić information content (AvgIpc) is 2.47. The Labute approximate surface area is 118 Å². The Morgan fingerprint density at radius 1 is 1.38 bits per heavy atom. The van der Waals surface area contributed by atoms with Gasteiger partial charge in [0, 0.05) is 11.8 Å². The number of carboxylic acids is 1. The van der Waals surface area contributed by atoms with Crippen LogP contribution < -0.4 is 5.32 Å². The third-order valence-electron chi connectivity index (χ3n) is 2.56. The standard InChI is InChI=1S/C13H8N4O4/c14-7-10-11(17(20)21)4-5-12(16-10)15-9-3-1-2-8(6-9)13(18)19/h1-6H,(H,15,16)(H,18,19). The fraction of sp³-hybridized carbons (Fsp3) is 0. The molecule has 104 valence electrons. The van der Waals surface area contributed by atoms with Crippen molar-refractivity contribution in [1.82, 2.24) is 4.98 Å². The lowest BCUT2D eigenvalue weighted by molar-refractivity contribution is -0.385. The summed E-state index contributed by atoms with van der Waals surface area (Å²) in [5.41, 5.74) is -0.177. The molecule has 2 aromatic rings. The zero-order valence-electron chi connectivity index (χ0n) is 10.5. The van der Waals surface area contributed by atoms with Crippen molar-refractivity contribution in [3.8, 4) is 6.07 Å². The molecule has 1 aromatic carbocycles. The van der Waals surface area contributed by atoms with E-state index in [1.165, 1.54) is 18.2 Å². The summed E-state index contributed by atoms with van der Waals surface area (Å²) in [6.45, 7) is 0. The number of anilines is 2. The molecule has 2 rings (SSSR count). The van der Waals surface area contributed by atoms with Crippen LogP contribution in [0.1, 0.15) is 16.1 Å². The van der Waals surface area contributed by atoms with Crippen molar-refractivity contribution < 1.29 is 14.8 Å². The molecular formula is C13H8N4O4. The highest BCUT2D eigenvalue weighted by Crippen LogP contribution is 2.21. The molecule has 0 amide bonds. The van der Waals surface area contributed by atoms with Crippen LogP contribution in [0, 0.1) is 21.4 Å². The summed E-state index contributed by atoms with van der Waals surface area (Å²) in [5.74, 6) is -0.868. The Kier molecular flexibility index (Phi) is 3.76. The summed E-state index contributed by atoms with van der Waals surface area (Å²) in [7, 11) is 0. The molecule has 0 unspecified atom stereocenters. The van der Waals surface area contributed by atoms with E-state index >= 15 is 0 Å². The number of benzene rings is 1. The van der Waals surface area contributed by atoms with Crippen LogP contribution in [0.2, 0.25) is 0 Å². The lowest BCUT2D eigenvalue weighted by Crippen LogP contribution is -2.01. The molecule has 0 saturated heterocycles. The first kappa shape index (κ1) is 14.0. The monoisotopic (exact) mass is 284 g/mol. The van der Waals surface area contributed by atoms with Crippen LogP contribution >= 0.6 is 0 Å². The summed E-state index contributed by atoms with van der Waals surface area (Å²) in [5, 5.41) is 31.2. The van der Waals surface area contributed by atoms with Crippen molar-refractivity contribution >= 4 is 23.2 Å². The lowest BCUT2D eigenvalue weighted by atomic mass is 10.2. The topological polar surface area (TPSA) is 129 Å². The number of nitrogens with zero attached hydrogens (tertiary/aromatic N) is 3. The Balaban J connectivity index is 2.32. The molecule has 0 aliphatic carbocycles. The molecule has 0 aliphatic rings. The maximum absolute atomic E-state index is 10.9. The fourth-order valence-electron chi connectivity index (χ4n) is 1.63. The molecule has 8 nitrogen and oxygen atoms in total. The van der Waals surface area contributed by atoms with Crippen molar-refractivity contribution in [3.63, 3.8) is 0 Å². The summed E-state index contributed by atoms with van der Waals surface area (Å²) in [6.07, 6.45) is 0. The molecule has 0 aliphatic heterocycles. The van der Waals surface area contributed by atoms with E-state index in [1.807, 2.05) is 0 Å². The van der Waals surface area contributed by atoms with Gasteiger partial charge < -0.3 is 10.4 Å². The third kappa shape index (κ3) is 3.10. The molecule has 0 radical (unpaired) electrons. The first-order valence-corrected chi connectivity index (χ1v) is 5.67. The number of aromatic nitrogens is 1. The number of hydrogen-bond donors (Lipinski definition) is 2. The van der Waals surface area contributed by atoms with E-state index in [4.69, 9.17) is 10.4 Å². The van der Waals surface area contributed by atoms with Gasteiger partial charge in [0.05, 0.1) is 10.5 Å². The van der Waals surface area contributed by atoms with Crippen LogP contribution in [0.15, 0.2) is 36.4 Å². The molecule has 0 saturated carbocycles. The van der Waals surface area contributed by atoms with E-state index in [2.05, 4.69) is 10.3 Å². The quantitative estimate of drug-likeness (QED) is 0.650. The van der Waals surface area contributed by atoms with E-state index in [1.54, 1.807) is 18.2 Å². The van der Waals surface area contributed by atoms with Crippen LogP contribution in [0.5, 0.6) is 0 Å². The highest BCUT2D eigenvalue weighted by molar-refractivity contribution is 5.89. The van der Waals surface area contributed by atoms with E-state index in [9.17, 15) is 14.9 Å². The summed E-state index contributed by atoms with van der Waals surface area (Å²) >= 11 is 0. The molecular weight excluding hydrogens is 276 g/mol. The van der Waals surface area contributed by atoms with E-state index in [-0.39, 0.29) is 22.8 Å². The largest absolute Gasteiger partial charge is 0.478 e. The van der Waals surface area contributed by atoms with Crippen molar-refractivity contribution in [3.05, 3.63) is 57.8 Å². The van der Waals surface area contributed by atoms with Gasteiger partial charge in [-0.05, 0) is 24.3 Å². The normalized spacial score (nSPS) is 9.67. The van der Waals surface area contributed by atoms with E-state index < -0.39 is 10.9 Å². The summed E-state index contributed by atoms with van der Waals surface area (Å²) in [4.78, 5) is 24.7. The van der Waals surface area contributed by atoms with Crippen molar-refractivity contribution in [2.24, 2.45) is 0 Å². The van der Waals surface area contributed by atoms with Gasteiger partial charge in [0.25, 0.3) is 0 Å². The highest BCUT2D eigenvalue weighted by Gasteiger charge is 2.15. The second-order valence-electron chi connectivity index (χ2n) is 3.94. The number of rotatable bonds is 4. The van der Waals surface area contributed by atoms with Gasteiger partial charge in [-0.15, -0.1) is 0 Å². The SMILES string of the molecule is N#Cc1nc(Nc2cccc(C(=O)O)c2)ccc1[N+](=O)[O-]. The number of carbonyl (C=O) groups is 1. The smallest absolute Gasteiger partial charge is 0.335 e. The first-order valence-electron chi connectivity index (χ1n) is 5.67. The Morgan fingerprint density at radius 3 is 2.76 bits per heavy atom. The molecule has 1 heterocycles. The predicted octanol–water partition coefficient (Wildman–Crippen LogP) is 2.30. The molecule has 2 N–H and O–H groups in total. The van der Waals surface area contributed by atoms with Gasteiger partial charge in [0.2, 0.25) is 5.69 Å². The second kappa shape index (κ2) is 5.66. The van der Waals surface area contributed by atoms with Crippen LogP contribution in [0.3, 0.4) is 0 Å². The molecule has 1 aromatic heterocycles. The average molecular weight is 284 g/mol. The number of hydrogen-bond acceptors (Lipinski definition) is 6. The minimum absolute atomic E-state index is 0.0856. The fourth-order valence-corrected chi connectivity index (χ4v) is 1.63. The molecule has 0 fully saturated rings. The van der Waals surface area contributed by atoms with Crippen molar-refractivity contribution in [2.45, 2.75) is 0 Å². The van der Waals surface area contributed by atoms with Crippen LogP contribution in [0.4, 0.5) is 17.2 Å². The molecule has 0 atom stereocenters. The van der Waals surface area contributed by atoms with Gasteiger partial charge in [0.15, 0.2) is 0 Å². The molecule has 0 bridgehead atoms. The summed E-state index contributed by atoms with van der Waals surface area (Å²) in [6, 6.07) is 10.1. The van der Waals surface area contributed by atoms with Gasteiger partial charge in [-0.2, -0.15) is 5.26 Å². The van der Waals surface area contributed by atoms with Crippen LogP contribution in [-0.4, -0.2) is 21.0 Å². The lowest BCUT2D eigenvalue weighted by Gasteiger charge is -2.06. The number of nitrogens with one attached hydrogen (secondary N) is 1. The van der Waals surface area contributed by atoms with Gasteiger partial charge in [-0.3, -0.25) is 10.1 Å². The first-order chi connectivity index (χ1) is 10.0. The molecule has 21 heavy (non-hydrogen) atoms. The number of pyridine rings is 1. The Morgan fingerprint density at radius 2 is 2.14 bits per heavy atom. The minimum atomic E-state index is -1.08. The van der Waals surface area contributed by atoms with Gasteiger partial charge >= 0.3 is 11.7 Å². The zero-order chi connectivity index (χ0) is 15.4. The molecule has 8 heteroatoms. The van der Waals surface area contributed by atoms with E-state index in [0.29, 0.717) is 5.69 Å². The summed E-state index contributed by atoms with van der Waals surface area (Å²) < 4.78 is 0.